The summed E-state index contributed by atoms with van der Waals surface area (Å²) >= 11 is 0. The highest BCUT2D eigenvalue weighted by Crippen LogP contribution is 2.29. The Morgan fingerprint density at radius 2 is 2.15 bits per heavy atom. The van der Waals surface area contributed by atoms with Gasteiger partial charge in [0.05, 0.1) is 6.10 Å². The van der Waals surface area contributed by atoms with Gasteiger partial charge < -0.3 is 10.1 Å². The van der Waals surface area contributed by atoms with Gasteiger partial charge in [-0.1, -0.05) is 25.1 Å². The normalized spacial score (nSPS) is 26.7. The molecule has 0 aromatic heterocycles. The zero-order valence-corrected chi connectivity index (χ0v) is 12.8. The maximum atomic E-state index is 5.87. The van der Waals surface area contributed by atoms with Crippen LogP contribution in [0.5, 0.6) is 0 Å². The van der Waals surface area contributed by atoms with Crippen LogP contribution in [0.2, 0.25) is 0 Å². The minimum atomic E-state index is 0.446. The van der Waals surface area contributed by atoms with Crippen LogP contribution in [0.15, 0.2) is 18.2 Å². The molecule has 1 heterocycles. The molecule has 1 aliphatic carbocycles. The molecule has 0 saturated carbocycles. The van der Waals surface area contributed by atoms with Crippen molar-refractivity contribution < 1.29 is 4.74 Å². The molecule has 0 bridgehead atoms. The Morgan fingerprint density at radius 3 is 2.95 bits per heavy atom. The highest BCUT2D eigenvalue weighted by atomic mass is 16.5. The van der Waals surface area contributed by atoms with Gasteiger partial charge in [-0.05, 0) is 62.3 Å². The summed E-state index contributed by atoms with van der Waals surface area (Å²) in [5.41, 5.74) is 4.66. The minimum absolute atomic E-state index is 0.446. The molecule has 1 aromatic rings. The quantitative estimate of drug-likeness (QED) is 0.890. The maximum absolute atomic E-state index is 5.87. The van der Waals surface area contributed by atoms with E-state index in [9.17, 15) is 0 Å². The van der Waals surface area contributed by atoms with Crippen LogP contribution >= 0.6 is 0 Å². The van der Waals surface area contributed by atoms with Gasteiger partial charge in [0.2, 0.25) is 0 Å². The Hall–Kier alpha value is -0.860. The molecule has 2 aliphatic rings. The first-order chi connectivity index (χ1) is 9.81. The number of nitrogens with one attached hydrogen (secondary N) is 1. The van der Waals surface area contributed by atoms with Gasteiger partial charge in [0.1, 0.15) is 0 Å². The van der Waals surface area contributed by atoms with E-state index < -0.39 is 0 Å². The lowest BCUT2D eigenvalue weighted by Crippen LogP contribution is -2.39. The second kappa shape index (κ2) is 6.28. The van der Waals surface area contributed by atoms with Crippen LogP contribution < -0.4 is 5.32 Å². The average Bonchev–Trinajstić information content (AvgIpc) is 3.12. The van der Waals surface area contributed by atoms with Crippen LogP contribution in [-0.2, 0) is 24.0 Å². The van der Waals surface area contributed by atoms with Gasteiger partial charge in [-0.25, -0.2) is 0 Å². The summed E-state index contributed by atoms with van der Waals surface area (Å²) in [5.74, 6) is 0.665. The molecule has 3 rings (SSSR count). The lowest BCUT2D eigenvalue weighted by molar-refractivity contribution is 0.0783. The van der Waals surface area contributed by atoms with E-state index in [1.54, 1.807) is 11.1 Å². The van der Waals surface area contributed by atoms with E-state index in [1.165, 1.54) is 31.2 Å². The topological polar surface area (TPSA) is 21.3 Å². The lowest BCUT2D eigenvalue weighted by Gasteiger charge is -2.27. The van der Waals surface area contributed by atoms with E-state index in [0.29, 0.717) is 18.1 Å². The first-order valence-electron chi connectivity index (χ1n) is 8.21. The van der Waals surface area contributed by atoms with E-state index in [1.807, 2.05) is 0 Å². The Balaban J connectivity index is 1.71. The second-order valence-electron chi connectivity index (χ2n) is 6.33. The van der Waals surface area contributed by atoms with Crippen molar-refractivity contribution in [1.82, 2.24) is 5.32 Å². The third-order valence-corrected chi connectivity index (χ3v) is 5.17. The van der Waals surface area contributed by atoms with E-state index >= 15 is 0 Å². The molecule has 20 heavy (non-hydrogen) atoms. The molecule has 2 heteroatoms. The number of fused-ring (bicyclic) bond motifs is 1. The molecule has 1 fully saturated rings. The van der Waals surface area contributed by atoms with Crippen molar-refractivity contribution in [3.05, 3.63) is 34.9 Å². The van der Waals surface area contributed by atoms with Crippen molar-refractivity contribution in [2.75, 3.05) is 13.7 Å². The Morgan fingerprint density at radius 1 is 1.30 bits per heavy atom. The number of likely N-dealkylation sites (N-methyl/N-ethyl adjacent to an activating group) is 1. The molecule has 0 spiro atoms. The molecule has 2 nitrogen and oxygen atoms in total. The molecule has 0 amide bonds. The number of benzene rings is 1. The van der Waals surface area contributed by atoms with Gasteiger partial charge in [0, 0.05) is 18.6 Å². The summed E-state index contributed by atoms with van der Waals surface area (Å²) in [5, 5.41) is 3.54. The fourth-order valence-corrected chi connectivity index (χ4v) is 4.02. The van der Waals surface area contributed by atoms with E-state index in [0.717, 1.165) is 19.4 Å². The lowest BCUT2D eigenvalue weighted by atomic mass is 9.87. The molecule has 1 N–H and O–H groups in total. The van der Waals surface area contributed by atoms with Crippen molar-refractivity contribution in [3.63, 3.8) is 0 Å². The molecular formula is C18H27NO. The first kappa shape index (κ1) is 14.1. The number of rotatable bonds is 5. The highest BCUT2D eigenvalue weighted by molar-refractivity contribution is 5.35. The van der Waals surface area contributed by atoms with Gasteiger partial charge in [0.15, 0.2) is 0 Å². The molecular weight excluding hydrogens is 246 g/mol. The van der Waals surface area contributed by atoms with Crippen molar-refractivity contribution in [2.24, 2.45) is 5.92 Å². The average molecular weight is 273 g/mol. The Bertz CT molecular complexity index is 457. The fourth-order valence-electron chi connectivity index (χ4n) is 4.02. The molecule has 3 atom stereocenters. The van der Waals surface area contributed by atoms with E-state index in [4.69, 9.17) is 4.74 Å². The van der Waals surface area contributed by atoms with Gasteiger partial charge in [-0.15, -0.1) is 0 Å². The summed E-state index contributed by atoms with van der Waals surface area (Å²) in [6.45, 7) is 3.18. The van der Waals surface area contributed by atoms with Crippen molar-refractivity contribution in [1.29, 1.82) is 0 Å². The summed E-state index contributed by atoms with van der Waals surface area (Å²) in [4.78, 5) is 0. The van der Waals surface area contributed by atoms with Gasteiger partial charge in [0.25, 0.3) is 0 Å². The number of hydrogen-bond donors (Lipinski definition) is 1. The number of ether oxygens (including phenoxy) is 1. The smallest absolute Gasteiger partial charge is 0.0616 e. The van der Waals surface area contributed by atoms with Gasteiger partial charge in [-0.2, -0.15) is 0 Å². The zero-order valence-electron chi connectivity index (χ0n) is 12.8. The van der Waals surface area contributed by atoms with Crippen molar-refractivity contribution in [3.8, 4) is 0 Å². The standard InChI is InChI=1S/C18H27NO/c1-3-18-16(9-10-20-18)17(19-2)12-13-7-8-14-5-4-6-15(14)11-13/h7-8,11,16-19H,3-6,9-10,12H2,1-2H3. The van der Waals surface area contributed by atoms with Crippen LogP contribution in [0.3, 0.4) is 0 Å². The maximum Gasteiger partial charge on any atom is 0.0616 e. The number of hydrogen-bond acceptors (Lipinski definition) is 2. The molecule has 3 unspecified atom stereocenters. The number of aryl methyl sites for hydroxylation is 2. The van der Waals surface area contributed by atoms with Crippen LogP contribution in [0.4, 0.5) is 0 Å². The predicted octanol–water partition coefficient (Wildman–Crippen LogP) is 3.12. The zero-order chi connectivity index (χ0) is 13.9. The third-order valence-electron chi connectivity index (χ3n) is 5.17. The third kappa shape index (κ3) is 2.77. The van der Waals surface area contributed by atoms with Crippen LogP contribution in [-0.4, -0.2) is 25.8 Å². The molecule has 110 valence electrons. The second-order valence-corrected chi connectivity index (χ2v) is 6.33. The largest absolute Gasteiger partial charge is 0.378 e. The van der Waals surface area contributed by atoms with Crippen LogP contribution in [0.25, 0.3) is 0 Å². The highest BCUT2D eigenvalue weighted by Gasteiger charge is 2.32. The SMILES string of the molecule is CCC1OCCC1C(Cc1ccc2c(c1)CCC2)NC. The van der Waals surface area contributed by atoms with Gasteiger partial charge >= 0.3 is 0 Å². The predicted molar refractivity (Wildman–Crippen MR) is 83.2 cm³/mol. The Kier molecular flexibility index (Phi) is 4.42. The van der Waals surface area contributed by atoms with Crippen molar-refractivity contribution >= 4 is 0 Å². The summed E-state index contributed by atoms with van der Waals surface area (Å²) in [7, 11) is 2.10. The molecule has 1 aromatic carbocycles. The van der Waals surface area contributed by atoms with E-state index in [2.05, 4.69) is 37.5 Å². The summed E-state index contributed by atoms with van der Waals surface area (Å²) < 4.78 is 5.87. The fraction of sp³-hybridized carbons (Fsp3) is 0.667. The summed E-state index contributed by atoms with van der Waals surface area (Å²) in [6, 6.07) is 7.68. The molecule has 1 saturated heterocycles. The van der Waals surface area contributed by atoms with Crippen molar-refractivity contribution in [2.45, 2.75) is 57.6 Å². The van der Waals surface area contributed by atoms with E-state index in [-0.39, 0.29) is 0 Å². The Labute approximate surface area is 122 Å². The first-order valence-corrected chi connectivity index (χ1v) is 8.21. The molecule has 1 aliphatic heterocycles. The van der Waals surface area contributed by atoms with Gasteiger partial charge in [-0.3, -0.25) is 0 Å². The van der Waals surface area contributed by atoms with Crippen LogP contribution in [0.1, 0.15) is 42.9 Å². The molecule has 0 radical (unpaired) electrons. The summed E-state index contributed by atoms with van der Waals surface area (Å²) in [6.07, 6.45) is 7.80. The minimum Gasteiger partial charge on any atom is -0.378 e. The monoisotopic (exact) mass is 273 g/mol. The van der Waals surface area contributed by atoms with Crippen LogP contribution in [0, 0.1) is 5.92 Å².